The van der Waals surface area contributed by atoms with E-state index in [0.717, 1.165) is 161 Å². The molecule has 0 aliphatic carbocycles. The average molecular weight is 1900 g/mol. The zero-order valence-corrected chi connectivity index (χ0v) is 80.7. The van der Waals surface area contributed by atoms with Crippen LogP contribution in [0.5, 0.6) is 18.0 Å². The number of aromatic nitrogens is 8. The van der Waals surface area contributed by atoms with Gasteiger partial charge in [0.25, 0.3) is 0 Å². The van der Waals surface area contributed by atoms with Crippen LogP contribution in [0.2, 0.25) is 10.0 Å². The molecule has 0 spiro atoms. The number of nitrogens with one attached hydrogen (secondary N) is 1. The fourth-order valence-corrected chi connectivity index (χ4v) is 20.4. The number of likely N-dealkylation sites (N-methyl/N-ethyl adjacent to an activating group) is 1. The predicted molar refractivity (Wildman–Crippen MR) is 535 cm³/mol. The number of rotatable bonds is 22. The second-order valence-electron chi connectivity index (χ2n) is 35.7. The maximum absolute atomic E-state index is 14.6. The Morgan fingerprint density at radius 2 is 1.01 bits per heavy atom. The van der Waals surface area contributed by atoms with Crippen molar-refractivity contribution in [3.05, 3.63) is 201 Å². The van der Waals surface area contributed by atoms with Crippen LogP contribution in [0.25, 0.3) is 42.1 Å². The van der Waals surface area contributed by atoms with E-state index in [1.807, 2.05) is 41.4 Å². The number of hydrogen-bond donors (Lipinski definition) is 1. The Bertz CT molecular complexity index is 5740. The molecule has 9 aliphatic rings. The average Bonchev–Trinajstić information content (AvgIpc) is 1.10. The molecule has 13 heterocycles. The van der Waals surface area contributed by atoms with Gasteiger partial charge in [-0.3, -0.25) is 29.3 Å². The second-order valence-corrected chi connectivity index (χ2v) is 36.5. The quantitative estimate of drug-likeness (QED) is 0.0491. The summed E-state index contributed by atoms with van der Waals surface area (Å²) in [5, 5.41) is 14.2. The maximum atomic E-state index is 14.6. The molecule has 3 amide bonds. The van der Waals surface area contributed by atoms with Crippen molar-refractivity contribution in [3.8, 4) is 18.0 Å². The summed E-state index contributed by atoms with van der Waals surface area (Å²) in [7, 11) is 2.16. The van der Waals surface area contributed by atoms with Crippen molar-refractivity contribution >= 4 is 148 Å². The lowest BCUT2D eigenvalue weighted by atomic mass is 9.96. The molecule has 1 unspecified atom stereocenters. The molecular weight excluding hydrogens is 1770 g/mol. The van der Waals surface area contributed by atoms with Crippen LogP contribution in [-0.4, -0.2) is 288 Å². The molecule has 132 heavy (non-hydrogen) atoms. The molecule has 6 saturated heterocycles. The molecule has 702 valence electrons. The number of alkyl halides is 2. The third-order valence-corrected chi connectivity index (χ3v) is 27.7. The summed E-state index contributed by atoms with van der Waals surface area (Å²) in [6, 6.07) is 27.4. The Morgan fingerprint density at radius 3 is 1.49 bits per heavy atom. The number of H-pyrrole nitrogens is 1. The highest BCUT2D eigenvalue weighted by atomic mass is 35.5. The molecule has 4 aromatic heterocycles. The minimum Gasteiger partial charge on any atom is -0.462 e. The van der Waals surface area contributed by atoms with Gasteiger partial charge in [-0.15, -0.1) is 0 Å². The van der Waals surface area contributed by atoms with Gasteiger partial charge in [-0.1, -0.05) is 91.5 Å². The van der Waals surface area contributed by atoms with E-state index in [1.54, 1.807) is 23.6 Å². The lowest BCUT2D eigenvalue weighted by molar-refractivity contribution is -0.129. The molecule has 1 N–H and O–H groups in total. The number of halogens is 4. The Hall–Kier alpha value is -10.5. The van der Waals surface area contributed by atoms with Crippen LogP contribution in [0.3, 0.4) is 0 Å². The number of carbonyl (C=O) groups is 3. The number of carbonyl (C=O) groups excluding carboxylic acids is 3. The van der Waals surface area contributed by atoms with Gasteiger partial charge >= 0.3 is 18.0 Å². The van der Waals surface area contributed by atoms with E-state index in [9.17, 15) is 23.2 Å². The van der Waals surface area contributed by atoms with E-state index in [2.05, 4.69) is 153 Å². The minimum absolute atomic E-state index is 0. The van der Waals surface area contributed by atoms with Gasteiger partial charge in [-0.25, -0.2) is 21.9 Å². The number of hydrogen-bond acceptors (Lipinski definition) is 22. The maximum Gasteiger partial charge on any atom is 0.318 e. The van der Waals surface area contributed by atoms with Gasteiger partial charge in [0.2, 0.25) is 30.8 Å². The largest absolute Gasteiger partial charge is 0.462 e. The van der Waals surface area contributed by atoms with Crippen LogP contribution in [0, 0.1) is 27.0 Å². The first kappa shape index (κ1) is 99.0. The predicted octanol–water partition coefficient (Wildman–Crippen LogP) is 13.5. The Kier molecular flexibility index (Phi) is 33.1. The van der Waals surface area contributed by atoms with Gasteiger partial charge in [-0.2, -0.15) is 75.5 Å². The monoisotopic (exact) mass is 1890 g/mol. The number of ether oxygens (including phenoxy) is 3. The van der Waals surface area contributed by atoms with Gasteiger partial charge in [0.15, 0.2) is 0 Å². The highest BCUT2D eigenvalue weighted by Gasteiger charge is 2.40. The lowest BCUT2D eigenvalue weighted by Crippen LogP contribution is -2.56. The highest BCUT2D eigenvalue weighted by Crippen LogP contribution is 2.43. The lowest BCUT2D eigenvalue weighted by Gasteiger charge is -2.41. The molecule has 0 bridgehead atoms. The fraction of sp³-hybridized carbons (Fsp3) is 0.485. The van der Waals surface area contributed by atoms with Gasteiger partial charge in [0, 0.05) is 168 Å². The summed E-state index contributed by atoms with van der Waals surface area (Å²) in [4.78, 5) is 99.8. The van der Waals surface area contributed by atoms with Crippen LogP contribution < -0.4 is 43.6 Å². The molecule has 9 aliphatic heterocycles. The smallest absolute Gasteiger partial charge is 0.318 e. The molecule has 5 aromatic carbocycles. The first-order valence-corrected chi connectivity index (χ1v) is 46.0. The molecule has 4 atom stereocenters. The zero-order chi connectivity index (χ0) is 90.2. The minimum atomic E-state index is -1.18. The summed E-state index contributed by atoms with van der Waals surface area (Å²) < 4.78 is 47.6. The number of aryl methyl sites for hydroxylation is 1. The van der Waals surface area contributed by atoms with Gasteiger partial charge in [0.1, 0.15) is 60.7 Å². The van der Waals surface area contributed by atoms with Crippen molar-refractivity contribution in [2.75, 3.05) is 200 Å². The number of nitrogens with zero attached hydrogens (tertiary/aromatic N) is 21. The number of benzene rings is 5. The molecule has 6 fully saturated rings. The van der Waals surface area contributed by atoms with E-state index in [-0.39, 0.29) is 89.4 Å². The molecule has 35 heteroatoms. The molecule has 0 radical (unpaired) electrons. The van der Waals surface area contributed by atoms with E-state index in [0.29, 0.717) is 178 Å². The summed E-state index contributed by atoms with van der Waals surface area (Å²) >= 11 is 13.4. The number of anilines is 6. The van der Waals surface area contributed by atoms with E-state index < -0.39 is 11.3 Å². The Morgan fingerprint density at radius 1 is 0.538 bits per heavy atom. The first-order chi connectivity index (χ1) is 62.4. The number of fused-ring (bicyclic) bond motifs is 6. The topological polar surface area (TPSA) is 233 Å². The van der Waals surface area contributed by atoms with E-state index in [1.165, 1.54) is 47.0 Å². The van der Waals surface area contributed by atoms with Crippen molar-refractivity contribution in [1.82, 2.24) is 69.5 Å². The third-order valence-electron chi connectivity index (χ3n) is 27.1. The van der Waals surface area contributed by atoms with E-state index >= 15 is 0 Å². The van der Waals surface area contributed by atoms with Crippen molar-refractivity contribution in [2.24, 2.45) is 0 Å². The van der Waals surface area contributed by atoms with Gasteiger partial charge in [0.05, 0.1) is 64.2 Å². The summed E-state index contributed by atoms with van der Waals surface area (Å²) in [5.41, 5.74) is 10.7. The zero-order valence-electron chi connectivity index (χ0n) is 76.2. The van der Waals surface area contributed by atoms with Crippen molar-refractivity contribution in [1.29, 1.82) is 0 Å². The number of aromatic amines is 1. The molecule has 18 rings (SSSR count). The highest BCUT2D eigenvalue weighted by molar-refractivity contribution is 7.59. The van der Waals surface area contributed by atoms with Crippen molar-refractivity contribution in [2.45, 2.75) is 135 Å². The fourth-order valence-electron chi connectivity index (χ4n) is 19.9. The Labute approximate surface area is 803 Å². The van der Waals surface area contributed by atoms with Gasteiger partial charge in [-0.05, 0) is 176 Å². The van der Waals surface area contributed by atoms with Crippen molar-refractivity contribution < 1.29 is 37.4 Å². The molecule has 28 nitrogen and oxygen atoms in total. The SMILES string of the molecule is C=CC(=O)N1CCN(c2nc(OC[C@@H]3CCCN3C)nc3c2CCN(c2c(C)c(C)cc4[nH]ncc24)C3)CC1.S.S.S.[C-]#[N+]C[C@H]1CN(c2nc(OCCN3CCC(C)(F)CC3)nc3c2CCN(c2cccc4cccc(Cl)c24)C3)CCN1C(=O)C=C.[C-]#[N+]C[C@H]1CN(c2nc(OCCN3CCCC(C)(F)C3)nc3c2CCN(c2cccc4cccc(Cl)c24)C3)CCN1C(=O)C=C. The normalized spacial score (nSPS) is 20.3. The van der Waals surface area contributed by atoms with Gasteiger partial charge < -0.3 is 72.9 Å². The number of piperazine rings is 3. The molecular formula is C97H122Cl2F2N22O6S3. The third kappa shape index (κ3) is 22.4. The Balaban J connectivity index is 0.000000167. The second kappa shape index (κ2) is 44.1. The summed E-state index contributed by atoms with van der Waals surface area (Å²) in [6.07, 6.45) is 13.0. The summed E-state index contributed by atoms with van der Waals surface area (Å²) in [6.45, 7) is 50.4. The number of likely N-dealkylation sites (tertiary alicyclic amines) is 3. The van der Waals surface area contributed by atoms with Crippen LogP contribution in [-0.2, 0) is 53.3 Å². The van der Waals surface area contributed by atoms with Crippen molar-refractivity contribution in [3.63, 3.8) is 0 Å². The first-order valence-electron chi connectivity index (χ1n) is 45.3. The molecule has 9 aromatic rings. The summed E-state index contributed by atoms with van der Waals surface area (Å²) in [5.74, 6) is 2.21. The standard InChI is InChI=1S/2C34H39ClFN7O2.C29H38N8O2.3H2S/c1-4-30(44)43-17-16-42(21-25(43)20-37-3)32-26-12-15-41(29-11-6-9-24-8-5-10-27(35)31(24)29)22-28(26)38-33(39-32)45-19-18-40-14-7-13-34(2,36)23-40;1-4-30(44)43-18-17-42(22-25(43)21-37-3)32-26-11-14-41(29-10-6-8-24-7-5-9-27(35)31(24)29)23-28(26)38-33(39-32)45-20-19-40-15-12-34(2,36)13-16-40;1-5-26(38)35-11-13-36(14-12-35)28-22-8-10-37(27-20(3)19(2)15-24-23(27)16-30-33-24)17-25(22)31-29(32-28)39-18-21-7-6-9-34(21)4;;;/h4-6,8-11,25H,1,7,12-23H2,2H3;4-10,25H,1,11-23H2,2H3;5,15-16,21H,1,6-14,17-18H2,2-4H3,(H,30,33);3*1H2/t25-,34?;25-;21-;;;/m000.../s1. The molecule has 0 saturated carbocycles. The van der Waals surface area contributed by atoms with Crippen LogP contribution in [0.4, 0.5) is 43.3 Å². The number of piperidine rings is 2. The van der Waals surface area contributed by atoms with Crippen LogP contribution in [0.1, 0.15) is 97.3 Å². The van der Waals surface area contributed by atoms with Crippen LogP contribution in [0.15, 0.2) is 123 Å². The number of amides is 3. The van der Waals surface area contributed by atoms with Crippen LogP contribution >= 0.6 is 63.7 Å². The van der Waals surface area contributed by atoms with E-state index in [4.69, 9.17) is 80.5 Å².